The predicted octanol–water partition coefficient (Wildman–Crippen LogP) is 1.42. The first-order valence-corrected chi connectivity index (χ1v) is 6.73. The lowest BCUT2D eigenvalue weighted by atomic mass is 9.97. The standard InChI is InChI=1S/C14H18N2O4/c1-2-20-12-11(4-3-7-15-12)13(17)16-8-5-10(6-9-16)14(18)19/h3-4,7,10H,2,5-6,8-9H2,1H3,(H,18,19). The summed E-state index contributed by atoms with van der Waals surface area (Å²) in [5.74, 6) is -0.946. The van der Waals surface area contributed by atoms with E-state index in [-0.39, 0.29) is 11.8 Å². The first-order valence-electron chi connectivity index (χ1n) is 6.73. The molecular formula is C14H18N2O4. The number of carbonyl (C=O) groups is 2. The fourth-order valence-electron chi connectivity index (χ4n) is 2.31. The van der Waals surface area contributed by atoms with Crippen molar-refractivity contribution in [2.24, 2.45) is 5.92 Å². The Labute approximate surface area is 117 Å². The number of rotatable bonds is 4. The average Bonchev–Trinajstić information content (AvgIpc) is 2.47. The monoisotopic (exact) mass is 278 g/mol. The Bertz CT molecular complexity index is 496. The Morgan fingerprint density at radius 1 is 1.45 bits per heavy atom. The third-order valence-corrected chi connectivity index (χ3v) is 3.41. The van der Waals surface area contributed by atoms with Crippen molar-refractivity contribution in [3.8, 4) is 5.88 Å². The molecule has 0 aliphatic carbocycles. The molecule has 1 aliphatic rings. The first kappa shape index (κ1) is 14.3. The van der Waals surface area contributed by atoms with E-state index in [1.165, 1.54) is 0 Å². The molecule has 1 amide bonds. The van der Waals surface area contributed by atoms with Crippen LogP contribution in [0.4, 0.5) is 0 Å². The van der Waals surface area contributed by atoms with E-state index in [1.807, 2.05) is 6.92 Å². The number of ether oxygens (including phenoxy) is 1. The third-order valence-electron chi connectivity index (χ3n) is 3.41. The molecule has 2 heterocycles. The predicted molar refractivity (Wildman–Crippen MR) is 71.7 cm³/mol. The molecule has 1 fully saturated rings. The minimum atomic E-state index is -0.784. The van der Waals surface area contributed by atoms with Crippen LogP contribution in [0.25, 0.3) is 0 Å². The van der Waals surface area contributed by atoms with Crippen molar-refractivity contribution in [1.29, 1.82) is 0 Å². The van der Waals surface area contributed by atoms with Crippen molar-refractivity contribution < 1.29 is 19.4 Å². The minimum Gasteiger partial charge on any atom is -0.481 e. The van der Waals surface area contributed by atoms with Crippen LogP contribution in [-0.4, -0.2) is 46.6 Å². The Balaban J connectivity index is 2.07. The van der Waals surface area contributed by atoms with Crippen LogP contribution in [0.1, 0.15) is 30.1 Å². The van der Waals surface area contributed by atoms with Crippen molar-refractivity contribution in [3.05, 3.63) is 23.9 Å². The summed E-state index contributed by atoms with van der Waals surface area (Å²) in [4.78, 5) is 29.1. The van der Waals surface area contributed by atoms with Gasteiger partial charge in [-0.2, -0.15) is 0 Å². The lowest BCUT2D eigenvalue weighted by Gasteiger charge is -2.30. The number of pyridine rings is 1. The van der Waals surface area contributed by atoms with Gasteiger partial charge in [0.05, 0.1) is 12.5 Å². The normalized spacial score (nSPS) is 15.9. The summed E-state index contributed by atoms with van der Waals surface area (Å²) in [7, 11) is 0. The number of carboxylic acid groups (broad SMARTS) is 1. The van der Waals surface area contributed by atoms with E-state index >= 15 is 0 Å². The quantitative estimate of drug-likeness (QED) is 0.901. The van der Waals surface area contributed by atoms with E-state index < -0.39 is 5.97 Å². The molecule has 2 rings (SSSR count). The Kier molecular flexibility index (Phi) is 4.55. The molecule has 0 saturated carbocycles. The summed E-state index contributed by atoms with van der Waals surface area (Å²) >= 11 is 0. The van der Waals surface area contributed by atoms with E-state index in [0.717, 1.165) is 0 Å². The van der Waals surface area contributed by atoms with E-state index in [4.69, 9.17) is 9.84 Å². The second-order valence-electron chi connectivity index (χ2n) is 4.69. The number of aliphatic carboxylic acids is 1. The number of carboxylic acids is 1. The fraction of sp³-hybridized carbons (Fsp3) is 0.500. The molecule has 1 aromatic heterocycles. The summed E-state index contributed by atoms with van der Waals surface area (Å²) in [6.45, 7) is 3.19. The Morgan fingerprint density at radius 3 is 2.75 bits per heavy atom. The molecule has 20 heavy (non-hydrogen) atoms. The van der Waals surface area contributed by atoms with Gasteiger partial charge in [-0.15, -0.1) is 0 Å². The van der Waals surface area contributed by atoms with Gasteiger partial charge in [0.1, 0.15) is 5.56 Å². The summed E-state index contributed by atoms with van der Waals surface area (Å²) in [6.07, 6.45) is 2.56. The van der Waals surface area contributed by atoms with Gasteiger partial charge < -0.3 is 14.7 Å². The zero-order valence-corrected chi connectivity index (χ0v) is 11.4. The number of aromatic nitrogens is 1. The van der Waals surface area contributed by atoms with Gasteiger partial charge in [0.2, 0.25) is 5.88 Å². The molecule has 1 aliphatic heterocycles. The molecule has 6 heteroatoms. The zero-order valence-electron chi connectivity index (χ0n) is 11.4. The molecule has 1 N–H and O–H groups in total. The summed E-state index contributed by atoms with van der Waals surface area (Å²) in [5.41, 5.74) is 0.433. The van der Waals surface area contributed by atoms with Gasteiger partial charge in [-0.3, -0.25) is 9.59 Å². The molecule has 0 atom stereocenters. The van der Waals surface area contributed by atoms with E-state index in [2.05, 4.69) is 4.98 Å². The van der Waals surface area contributed by atoms with Gasteiger partial charge in [-0.25, -0.2) is 4.98 Å². The van der Waals surface area contributed by atoms with Crippen LogP contribution in [0, 0.1) is 5.92 Å². The number of likely N-dealkylation sites (tertiary alicyclic amines) is 1. The van der Waals surface area contributed by atoms with Gasteiger partial charge in [-0.05, 0) is 31.9 Å². The third kappa shape index (κ3) is 3.07. The molecule has 0 radical (unpaired) electrons. The highest BCUT2D eigenvalue weighted by Gasteiger charge is 2.28. The lowest BCUT2D eigenvalue weighted by Crippen LogP contribution is -2.40. The SMILES string of the molecule is CCOc1ncccc1C(=O)N1CCC(C(=O)O)CC1. The topological polar surface area (TPSA) is 79.7 Å². The lowest BCUT2D eigenvalue weighted by molar-refractivity contribution is -0.143. The molecule has 108 valence electrons. The number of amides is 1. The molecule has 1 saturated heterocycles. The van der Waals surface area contributed by atoms with Crippen molar-refractivity contribution in [2.45, 2.75) is 19.8 Å². The van der Waals surface area contributed by atoms with Crippen LogP contribution in [0.2, 0.25) is 0 Å². The largest absolute Gasteiger partial charge is 0.481 e. The van der Waals surface area contributed by atoms with Crippen molar-refractivity contribution in [1.82, 2.24) is 9.88 Å². The highest BCUT2D eigenvalue weighted by atomic mass is 16.5. The highest BCUT2D eigenvalue weighted by Crippen LogP contribution is 2.22. The molecule has 0 bridgehead atoms. The van der Waals surface area contributed by atoms with Crippen molar-refractivity contribution in [2.75, 3.05) is 19.7 Å². The van der Waals surface area contributed by atoms with E-state index in [9.17, 15) is 9.59 Å². The van der Waals surface area contributed by atoms with Gasteiger partial charge in [0, 0.05) is 19.3 Å². The maximum Gasteiger partial charge on any atom is 0.306 e. The van der Waals surface area contributed by atoms with Crippen molar-refractivity contribution in [3.63, 3.8) is 0 Å². The summed E-state index contributed by atoms with van der Waals surface area (Å²) < 4.78 is 5.36. The number of hydrogen-bond donors (Lipinski definition) is 1. The molecule has 1 aromatic rings. The van der Waals surface area contributed by atoms with E-state index in [1.54, 1.807) is 23.2 Å². The van der Waals surface area contributed by atoms with Crippen molar-refractivity contribution >= 4 is 11.9 Å². The Morgan fingerprint density at radius 2 is 2.15 bits per heavy atom. The Hall–Kier alpha value is -2.11. The number of piperidine rings is 1. The highest BCUT2D eigenvalue weighted by molar-refractivity contribution is 5.96. The average molecular weight is 278 g/mol. The minimum absolute atomic E-state index is 0.148. The molecule has 0 spiro atoms. The van der Waals surface area contributed by atoms with Gasteiger partial charge >= 0.3 is 5.97 Å². The molecule has 0 unspecified atom stereocenters. The molecule has 0 aromatic carbocycles. The smallest absolute Gasteiger partial charge is 0.306 e. The molecular weight excluding hydrogens is 260 g/mol. The number of nitrogens with zero attached hydrogens (tertiary/aromatic N) is 2. The first-order chi connectivity index (χ1) is 9.63. The maximum atomic E-state index is 12.4. The summed E-state index contributed by atoms with van der Waals surface area (Å²) in [6, 6.07) is 3.38. The van der Waals surface area contributed by atoms with Crippen LogP contribution in [0.15, 0.2) is 18.3 Å². The van der Waals surface area contributed by atoms with Crippen LogP contribution in [0.3, 0.4) is 0 Å². The van der Waals surface area contributed by atoms with E-state index in [0.29, 0.717) is 44.0 Å². The van der Waals surface area contributed by atoms with Crippen LogP contribution in [-0.2, 0) is 4.79 Å². The van der Waals surface area contributed by atoms with Gasteiger partial charge in [0.15, 0.2) is 0 Å². The zero-order chi connectivity index (χ0) is 14.5. The maximum absolute atomic E-state index is 12.4. The van der Waals surface area contributed by atoms with Crippen LogP contribution >= 0.6 is 0 Å². The number of hydrogen-bond acceptors (Lipinski definition) is 4. The second kappa shape index (κ2) is 6.36. The fourth-order valence-corrected chi connectivity index (χ4v) is 2.31. The number of carbonyl (C=O) groups excluding carboxylic acids is 1. The van der Waals surface area contributed by atoms with Gasteiger partial charge in [0.25, 0.3) is 5.91 Å². The summed E-state index contributed by atoms with van der Waals surface area (Å²) in [5, 5.41) is 8.96. The van der Waals surface area contributed by atoms with Crippen LogP contribution < -0.4 is 4.74 Å². The van der Waals surface area contributed by atoms with Crippen LogP contribution in [0.5, 0.6) is 5.88 Å². The second-order valence-corrected chi connectivity index (χ2v) is 4.69. The van der Waals surface area contributed by atoms with Gasteiger partial charge in [-0.1, -0.05) is 0 Å². The molecule has 6 nitrogen and oxygen atoms in total.